The lowest BCUT2D eigenvalue weighted by Gasteiger charge is -1.99. The van der Waals surface area contributed by atoms with E-state index in [4.69, 9.17) is 10.5 Å². The highest BCUT2D eigenvalue weighted by molar-refractivity contribution is 9.12. The minimum atomic E-state index is -2.28. The molecular weight excluding hydrogens is 357 g/mol. The Hall–Kier alpha value is -1.64. The molecule has 0 radical (unpaired) electrons. The third kappa shape index (κ3) is 2.92. The van der Waals surface area contributed by atoms with Crippen molar-refractivity contribution < 1.29 is 17.4 Å². The summed E-state index contributed by atoms with van der Waals surface area (Å²) in [6.07, 6.45) is -0.0468. The zero-order valence-electron chi connectivity index (χ0n) is 10.0. The Kier molecular flexibility index (Phi) is 5.49. The summed E-state index contributed by atoms with van der Waals surface area (Å²) in [5, 5.41) is 17.9. The van der Waals surface area contributed by atoms with Gasteiger partial charge in [0.1, 0.15) is 23.5 Å². The molecule has 8 heteroatoms. The van der Waals surface area contributed by atoms with Crippen molar-refractivity contribution in [3.05, 3.63) is 43.4 Å². The molecule has 1 aliphatic carbocycles. The van der Waals surface area contributed by atoms with Crippen LogP contribution < -0.4 is 0 Å². The summed E-state index contributed by atoms with van der Waals surface area (Å²) in [4.78, 5) is -0.635. The molecule has 0 bridgehead atoms. The van der Waals surface area contributed by atoms with Gasteiger partial charge >= 0.3 is 0 Å². The highest BCUT2D eigenvalue weighted by Crippen LogP contribution is 2.44. The van der Waals surface area contributed by atoms with Crippen molar-refractivity contribution in [3.8, 4) is 12.1 Å². The normalized spacial score (nSPS) is 17.1. The molecule has 20 heavy (non-hydrogen) atoms. The second-order valence-electron chi connectivity index (χ2n) is 3.46. The minimum absolute atomic E-state index is 0.0468. The molecule has 0 fully saturated rings. The maximum Gasteiger partial charge on any atom is 0.153 e. The molecule has 104 valence electrons. The van der Waals surface area contributed by atoms with Gasteiger partial charge in [-0.3, -0.25) is 0 Å². The summed E-state index contributed by atoms with van der Waals surface area (Å²) in [6.45, 7) is 1.46. The molecule has 0 aromatic rings. The van der Waals surface area contributed by atoms with Gasteiger partial charge in [0.15, 0.2) is 11.7 Å². The van der Waals surface area contributed by atoms with Crippen LogP contribution in [-0.4, -0.2) is 4.21 Å². The van der Waals surface area contributed by atoms with Gasteiger partial charge in [-0.15, -0.1) is 0 Å². The highest BCUT2D eigenvalue weighted by Gasteiger charge is 2.34. The maximum absolute atomic E-state index is 14.0. The van der Waals surface area contributed by atoms with E-state index in [9.17, 15) is 17.4 Å². The second kappa shape index (κ2) is 6.69. The van der Waals surface area contributed by atoms with Crippen LogP contribution in [0.4, 0.5) is 13.2 Å². The van der Waals surface area contributed by atoms with Crippen molar-refractivity contribution in [2.75, 3.05) is 0 Å². The van der Waals surface area contributed by atoms with Crippen molar-refractivity contribution >= 4 is 26.7 Å². The Labute approximate surface area is 124 Å². The minimum Gasteiger partial charge on any atom is -0.249 e. The van der Waals surface area contributed by atoms with E-state index in [1.165, 1.54) is 19.1 Å². The summed E-state index contributed by atoms with van der Waals surface area (Å²) in [6, 6.07) is 2.69. The molecule has 0 aromatic heterocycles. The van der Waals surface area contributed by atoms with Crippen LogP contribution >= 0.6 is 15.9 Å². The van der Waals surface area contributed by atoms with Gasteiger partial charge in [0.2, 0.25) is 0 Å². The molecule has 0 amide bonds. The second-order valence-corrected chi connectivity index (χ2v) is 5.49. The summed E-state index contributed by atoms with van der Waals surface area (Å²) < 4.78 is 52.2. The zero-order chi connectivity index (χ0) is 15.4. The Morgan fingerprint density at radius 2 is 1.90 bits per heavy atom. The summed E-state index contributed by atoms with van der Waals surface area (Å²) in [5.41, 5.74) is -1.65. The molecule has 1 aliphatic rings. The third-order valence-electron chi connectivity index (χ3n) is 2.28. The molecule has 0 spiro atoms. The first-order valence-electron chi connectivity index (χ1n) is 5.16. The van der Waals surface area contributed by atoms with E-state index in [1.807, 2.05) is 0 Å². The van der Waals surface area contributed by atoms with E-state index in [0.29, 0.717) is 5.41 Å². The van der Waals surface area contributed by atoms with Crippen molar-refractivity contribution in [2.45, 2.75) is 13.3 Å². The molecule has 0 aromatic carbocycles. The largest absolute Gasteiger partial charge is 0.249 e. The van der Waals surface area contributed by atoms with Gasteiger partial charge in [-0.2, -0.15) is 10.5 Å². The van der Waals surface area contributed by atoms with Crippen LogP contribution in [0.2, 0.25) is 0 Å². The molecule has 0 heterocycles. The lowest BCUT2D eigenvalue weighted by Crippen LogP contribution is -1.93. The first kappa shape index (κ1) is 16.4. The van der Waals surface area contributed by atoms with Gasteiger partial charge in [0.25, 0.3) is 0 Å². The predicted molar refractivity (Wildman–Crippen MR) is 71.1 cm³/mol. The predicted octanol–water partition coefficient (Wildman–Crippen LogP) is 4.07. The number of nitrogens with zero attached hydrogens (tertiary/aromatic N) is 2. The van der Waals surface area contributed by atoms with Crippen molar-refractivity contribution in [1.82, 2.24) is 0 Å². The number of rotatable bonds is 3. The first-order chi connectivity index (χ1) is 9.38. The van der Waals surface area contributed by atoms with E-state index in [-0.39, 0.29) is 6.42 Å². The van der Waals surface area contributed by atoms with Crippen LogP contribution in [0.25, 0.3) is 0 Å². The van der Waals surface area contributed by atoms with Crippen LogP contribution in [0.1, 0.15) is 13.3 Å². The SMILES string of the molecule is CC/C(F)=C/S(=O)C1=C(F)C(=C(C#N)C#N)C(F)=C1Br. The fourth-order valence-electron chi connectivity index (χ4n) is 1.31. The van der Waals surface area contributed by atoms with Crippen LogP contribution in [0.15, 0.2) is 43.4 Å². The third-order valence-corrected chi connectivity index (χ3v) is 4.54. The number of nitriles is 2. The van der Waals surface area contributed by atoms with E-state index in [0.717, 1.165) is 0 Å². The monoisotopic (exact) mass is 362 g/mol. The molecule has 0 saturated carbocycles. The molecule has 1 rings (SSSR count). The maximum atomic E-state index is 14.0. The summed E-state index contributed by atoms with van der Waals surface area (Å²) in [7, 11) is -2.28. The zero-order valence-corrected chi connectivity index (χ0v) is 12.4. The number of halogens is 4. The van der Waals surface area contributed by atoms with Gasteiger partial charge in [0.05, 0.1) is 25.8 Å². The standard InChI is InChI=1S/C12H6BrF3N2OS/c1-2-7(14)5-20(19)12-9(13)10(15)8(11(12)16)6(3-17)4-18/h5H,2H2,1H3/b7-5-. The Bertz CT molecular complexity index is 676. The molecule has 1 unspecified atom stereocenters. The van der Waals surface area contributed by atoms with E-state index < -0.39 is 48.8 Å². The van der Waals surface area contributed by atoms with Crippen molar-refractivity contribution in [2.24, 2.45) is 0 Å². The van der Waals surface area contributed by atoms with Gasteiger partial charge in [0, 0.05) is 5.41 Å². The molecule has 0 N–H and O–H groups in total. The molecule has 1 atom stereocenters. The Balaban J connectivity index is 3.51. The van der Waals surface area contributed by atoms with E-state index >= 15 is 0 Å². The average Bonchev–Trinajstić information content (AvgIpc) is 2.63. The highest BCUT2D eigenvalue weighted by atomic mass is 79.9. The first-order valence-corrected chi connectivity index (χ1v) is 7.16. The van der Waals surface area contributed by atoms with Crippen LogP contribution in [-0.2, 0) is 10.8 Å². The van der Waals surface area contributed by atoms with E-state index in [1.54, 1.807) is 0 Å². The Morgan fingerprint density at radius 1 is 1.35 bits per heavy atom. The average molecular weight is 363 g/mol. The van der Waals surface area contributed by atoms with Crippen molar-refractivity contribution in [1.29, 1.82) is 10.5 Å². The summed E-state index contributed by atoms with van der Waals surface area (Å²) in [5.74, 6) is -3.28. The number of hydrogen-bond acceptors (Lipinski definition) is 3. The molecule has 0 saturated heterocycles. The molecular formula is C12H6BrF3N2OS. The topological polar surface area (TPSA) is 64.7 Å². The smallest absolute Gasteiger partial charge is 0.153 e. The lowest BCUT2D eigenvalue weighted by atomic mass is 10.1. The van der Waals surface area contributed by atoms with Gasteiger partial charge in [-0.05, 0) is 22.4 Å². The summed E-state index contributed by atoms with van der Waals surface area (Å²) >= 11 is 2.70. The van der Waals surface area contributed by atoms with Gasteiger partial charge < -0.3 is 0 Å². The van der Waals surface area contributed by atoms with E-state index in [2.05, 4.69) is 15.9 Å². The van der Waals surface area contributed by atoms with Gasteiger partial charge in [-0.1, -0.05) is 6.92 Å². The molecule has 0 aliphatic heterocycles. The lowest BCUT2D eigenvalue weighted by molar-refractivity contribution is 0.605. The fraction of sp³-hybridized carbons (Fsp3) is 0.167. The van der Waals surface area contributed by atoms with Crippen LogP contribution in [0, 0.1) is 22.7 Å². The van der Waals surface area contributed by atoms with Crippen LogP contribution in [0.3, 0.4) is 0 Å². The Morgan fingerprint density at radius 3 is 2.35 bits per heavy atom. The van der Waals surface area contributed by atoms with Gasteiger partial charge in [-0.25, -0.2) is 17.4 Å². The number of allylic oxidation sites excluding steroid dienone is 6. The quantitative estimate of drug-likeness (QED) is 0.710. The fourth-order valence-corrected chi connectivity index (χ4v) is 3.22. The molecule has 3 nitrogen and oxygen atoms in total. The number of hydrogen-bond donors (Lipinski definition) is 0. The van der Waals surface area contributed by atoms with Crippen LogP contribution in [0.5, 0.6) is 0 Å². The van der Waals surface area contributed by atoms with Crippen molar-refractivity contribution in [3.63, 3.8) is 0 Å².